The topological polar surface area (TPSA) is 143 Å². The number of sulfone groups is 2. The molecule has 0 unspecified atom stereocenters. The van der Waals surface area contributed by atoms with Crippen LogP contribution in [0.2, 0.25) is 0 Å². The number of anilines is 2. The summed E-state index contributed by atoms with van der Waals surface area (Å²) in [6.07, 6.45) is 5.32. The number of hydrogen-bond donors (Lipinski definition) is 2. The summed E-state index contributed by atoms with van der Waals surface area (Å²) in [5.74, 6) is -1.05. The normalized spacial score (nSPS) is 12.4. The number of aromatic nitrogens is 2. The molecule has 0 aliphatic carbocycles. The van der Waals surface area contributed by atoms with Crippen LogP contribution in [0.15, 0.2) is 70.2 Å². The van der Waals surface area contributed by atoms with Crippen LogP contribution in [0.4, 0.5) is 11.6 Å². The van der Waals surface area contributed by atoms with Crippen molar-refractivity contribution >= 4 is 43.4 Å². The molecular weight excluding hydrogens is 478 g/mol. The molecule has 1 aromatic heterocycles. The lowest BCUT2D eigenvalue weighted by molar-refractivity contribution is -0.132. The molecule has 2 aromatic carbocycles. The summed E-state index contributed by atoms with van der Waals surface area (Å²) in [6, 6.07) is 12.7. The fourth-order valence-corrected chi connectivity index (χ4v) is 4.64. The number of nitrogens with one attached hydrogen (secondary N) is 1. The van der Waals surface area contributed by atoms with E-state index in [-0.39, 0.29) is 27.0 Å². The molecule has 0 fully saturated rings. The van der Waals surface area contributed by atoms with Crippen LogP contribution in [-0.4, -0.2) is 50.4 Å². The van der Waals surface area contributed by atoms with Crippen molar-refractivity contribution in [1.29, 1.82) is 0 Å². The van der Waals surface area contributed by atoms with Gasteiger partial charge in [0.2, 0.25) is 5.95 Å². The van der Waals surface area contributed by atoms with Crippen LogP contribution in [0.5, 0.6) is 0 Å². The third-order valence-electron chi connectivity index (χ3n) is 4.82. The van der Waals surface area contributed by atoms with Gasteiger partial charge in [0.1, 0.15) is 0 Å². The molecule has 0 amide bonds. The zero-order chi connectivity index (χ0) is 25.1. The van der Waals surface area contributed by atoms with Gasteiger partial charge in [0, 0.05) is 35.5 Å². The Morgan fingerprint density at radius 1 is 1.03 bits per heavy atom. The summed E-state index contributed by atoms with van der Waals surface area (Å²) in [7, 11) is -7.21. The van der Waals surface area contributed by atoms with Crippen molar-refractivity contribution in [3.05, 3.63) is 65.9 Å². The Hall–Kier alpha value is -3.57. The number of hydrogen-bond acceptors (Lipinski definition) is 8. The first-order valence-corrected chi connectivity index (χ1v) is 13.9. The quantitative estimate of drug-likeness (QED) is 0.350. The molecule has 3 aromatic rings. The van der Waals surface area contributed by atoms with Crippen LogP contribution >= 0.6 is 0 Å². The Bertz CT molecular complexity index is 1500. The summed E-state index contributed by atoms with van der Waals surface area (Å²) in [5.41, 5.74) is 1.94. The van der Waals surface area contributed by atoms with Gasteiger partial charge < -0.3 is 10.4 Å². The molecule has 2 N–H and O–H groups in total. The minimum Gasteiger partial charge on any atom is -0.478 e. The summed E-state index contributed by atoms with van der Waals surface area (Å²) in [6.45, 7) is 1.73. The predicted octanol–water partition coefficient (Wildman–Crippen LogP) is 3.57. The van der Waals surface area contributed by atoms with E-state index in [0.717, 1.165) is 12.5 Å². The first kappa shape index (κ1) is 25.1. The van der Waals surface area contributed by atoms with E-state index in [2.05, 4.69) is 15.3 Å². The molecule has 0 radical (unpaired) electrons. The second kappa shape index (κ2) is 9.74. The number of carbonyl (C=O) groups is 1. The molecule has 0 bridgehead atoms. The second-order valence-corrected chi connectivity index (χ2v) is 11.5. The Balaban J connectivity index is 2.05. The molecule has 0 spiro atoms. The van der Waals surface area contributed by atoms with E-state index in [1.165, 1.54) is 24.4 Å². The van der Waals surface area contributed by atoms with Crippen LogP contribution in [0.1, 0.15) is 18.9 Å². The van der Waals surface area contributed by atoms with Gasteiger partial charge in [0.05, 0.1) is 4.90 Å². The Kier molecular flexibility index (Phi) is 7.18. The average molecular weight is 502 g/mol. The molecule has 0 saturated carbocycles. The SMILES string of the molecule is CCC(=Cc1cccc(-c2cnc(Nc3cccc(S(C)(=O)=O)c3)nc2S(C)(=O)=O)c1)C(=O)O. The molecule has 178 valence electrons. The van der Waals surface area contributed by atoms with Gasteiger partial charge >= 0.3 is 5.97 Å². The van der Waals surface area contributed by atoms with Crippen LogP contribution in [-0.2, 0) is 24.5 Å². The highest BCUT2D eigenvalue weighted by atomic mass is 32.2. The lowest BCUT2D eigenvalue weighted by Gasteiger charge is -2.11. The van der Waals surface area contributed by atoms with Crippen LogP contribution in [0.25, 0.3) is 17.2 Å². The summed E-state index contributed by atoms with van der Waals surface area (Å²) in [4.78, 5) is 19.8. The molecular formula is C23H23N3O6S2. The second-order valence-electron chi connectivity index (χ2n) is 7.56. The maximum atomic E-state index is 12.5. The smallest absolute Gasteiger partial charge is 0.331 e. The molecule has 3 rings (SSSR count). The third kappa shape index (κ3) is 6.06. The van der Waals surface area contributed by atoms with Gasteiger partial charge in [-0.15, -0.1) is 0 Å². The van der Waals surface area contributed by atoms with E-state index in [1.807, 2.05) is 0 Å². The Labute approximate surface area is 198 Å². The number of nitrogens with zero attached hydrogens (tertiary/aromatic N) is 2. The minimum absolute atomic E-state index is 0.0231. The Morgan fingerprint density at radius 2 is 1.74 bits per heavy atom. The first-order chi connectivity index (χ1) is 15.9. The summed E-state index contributed by atoms with van der Waals surface area (Å²) >= 11 is 0. The zero-order valence-electron chi connectivity index (χ0n) is 18.7. The molecule has 11 heteroatoms. The van der Waals surface area contributed by atoms with Crippen LogP contribution in [0, 0.1) is 0 Å². The third-order valence-corrected chi connectivity index (χ3v) is 6.94. The standard InChI is InChI=1S/C23H23N3O6S2/c1-4-16(22(27)28)11-15-7-5-8-17(12-15)20-14-24-23(26-21(20)34(3,31)32)25-18-9-6-10-19(13-18)33(2,29)30/h5-14H,4H2,1-3H3,(H,27,28)(H,24,25,26). The molecule has 0 saturated heterocycles. The van der Waals surface area contributed by atoms with Crippen LogP contribution in [0.3, 0.4) is 0 Å². The zero-order valence-corrected chi connectivity index (χ0v) is 20.3. The number of rotatable bonds is 8. The van der Waals surface area contributed by atoms with E-state index < -0.39 is 25.6 Å². The van der Waals surface area contributed by atoms with E-state index >= 15 is 0 Å². The fraction of sp³-hybridized carbons (Fsp3) is 0.174. The highest BCUT2D eigenvalue weighted by Crippen LogP contribution is 2.28. The molecule has 0 aliphatic heterocycles. The molecule has 0 aliphatic rings. The molecule has 34 heavy (non-hydrogen) atoms. The summed E-state index contributed by atoms with van der Waals surface area (Å²) in [5, 5.41) is 11.9. The maximum Gasteiger partial charge on any atom is 0.331 e. The maximum absolute atomic E-state index is 12.5. The van der Waals surface area contributed by atoms with E-state index in [9.17, 15) is 26.7 Å². The number of carboxylic acid groups (broad SMARTS) is 1. The van der Waals surface area contributed by atoms with Crippen molar-refractivity contribution in [1.82, 2.24) is 9.97 Å². The lowest BCUT2D eigenvalue weighted by atomic mass is 10.0. The van der Waals surface area contributed by atoms with Crippen molar-refractivity contribution in [2.75, 3.05) is 17.8 Å². The molecule has 1 heterocycles. The van der Waals surface area contributed by atoms with Crippen molar-refractivity contribution in [3.63, 3.8) is 0 Å². The fourth-order valence-electron chi connectivity index (χ4n) is 3.15. The van der Waals surface area contributed by atoms with Gasteiger partial charge in [-0.3, -0.25) is 0 Å². The van der Waals surface area contributed by atoms with Crippen molar-refractivity contribution < 1.29 is 26.7 Å². The monoisotopic (exact) mass is 501 g/mol. The van der Waals surface area contributed by atoms with Gasteiger partial charge in [0.25, 0.3) is 0 Å². The number of benzene rings is 2. The van der Waals surface area contributed by atoms with E-state index in [4.69, 9.17) is 0 Å². The summed E-state index contributed by atoms with van der Waals surface area (Å²) < 4.78 is 48.7. The van der Waals surface area contributed by atoms with Gasteiger partial charge in [-0.2, -0.15) is 0 Å². The largest absolute Gasteiger partial charge is 0.478 e. The number of carboxylic acids is 1. The number of aliphatic carboxylic acids is 1. The van der Waals surface area contributed by atoms with E-state index in [0.29, 0.717) is 23.2 Å². The van der Waals surface area contributed by atoms with Crippen molar-refractivity contribution in [2.24, 2.45) is 0 Å². The van der Waals surface area contributed by atoms with Gasteiger partial charge in [-0.1, -0.05) is 31.2 Å². The molecule has 9 nitrogen and oxygen atoms in total. The van der Waals surface area contributed by atoms with Crippen molar-refractivity contribution in [3.8, 4) is 11.1 Å². The lowest BCUT2D eigenvalue weighted by Crippen LogP contribution is -2.08. The van der Waals surface area contributed by atoms with Crippen molar-refractivity contribution in [2.45, 2.75) is 23.3 Å². The van der Waals surface area contributed by atoms with Gasteiger partial charge in [0.15, 0.2) is 24.7 Å². The highest BCUT2D eigenvalue weighted by Gasteiger charge is 2.19. The van der Waals surface area contributed by atoms with Gasteiger partial charge in [-0.05, 0) is 47.9 Å². The highest BCUT2D eigenvalue weighted by molar-refractivity contribution is 7.91. The average Bonchev–Trinajstić information content (AvgIpc) is 2.76. The minimum atomic E-state index is -3.78. The first-order valence-electron chi connectivity index (χ1n) is 10.1. The predicted molar refractivity (Wildman–Crippen MR) is 129 cm³/mol. The van der Waals surface area contributed by atoms with Gasteiger partial charge in [-0.25, -0.2) is 31.6 Å². The van der Waals surface area contributed by atoms with E-state index in [1.54, 1.807) is 43.3 Å². The molecule has 0 atom stereocenters. The Morgan fingerprint density at radius 3 is 2.35 bits per heavy atom. The van der Waals surface area contributed by atoms with Crippen LogP contribution < -0.4 is 5.32 Å².